The number of hydrogen-bond acceptors (Lipinski definition) is 3. The number of pyridine rings is 1. The van der Waals surface area contributed by atoms with Crippen LogP contribution in [0.4, 0.5) is 0 Å². The highest BCUT2D eigenvalue weighted by atomic mass is 16.5. The SMILES string of the molecule is Cc1[nH]c2c3c(nc(C)c2c1C#N)CCO3. The number of aromatic nitrogens is 2. The number of H-pyrrole nitrogens is 1. The Morgan fingerprint density at radius 3 is 3.00 bits per heavy atom. The molecule has 0 spiro atoms. The average Bonchev–Trinajstić information content (AvgIpc) is 2.81. The van der Waals surface area contributed by atoms with E-state index in [1.807, 2.05) is 13.8 Å². The normalized spacial score (nSPS) is 13.6. The molecular formula is C12H11N3O. The minimum absolute atomic E-state index is 0.679. The van der Waals surface area contributed by atoms with E-state index in [1.165, 1.54) is 0 Å². The number of ether oxygens (including phenoxy) is 1. The van der Waals surface area contributed by atoms with Crippen LogP contribution >= 0.6 is 0 Å². The quantitative estimate of drug-likeness (QED) is 0.727. The lowest BCUT2D eigenvalue weighted by atomic mass is 10.1. The van der Waals surface area contributed by atoms with Crippen molar-refractivity contribution in [2.75, 3.05) is 6.61 Å². The molecule has 80 valence electrons. The molecule has 3 rings (SSSR count). The van der Waals surface area contributed by atoms with Crippen LogP contribution in [-0.2, 0) is 6.42 Å². The van der Waals surface area contributed by atoms with Crippen molar-refractivity contribution in [3.05, 3.63) is 22.6 Å². The first-order valence-corrected chi connectivity index (χ1v) is 5.27. The van der Waals surface area contributed by atoms with E-state index in [-0.39, 0.29) is 0 Å². The first-order chi connectivity index (χ1) is 7.72. The summed E-state index contributed by atoms with van der Waals surface area (Å²) in [7, 11) is 0. The Morgan fingerprint density at radius 2 is 2.25 bits per heavy atom. The topological polar surface area (TPSA) is 61.7 Å². The zero-order valence-electron chi connectivity index (χ0n) is 9.22. The summed E-state index contributed by atoms with van der Waals surface area (Å²) in [6.45, 7) is 4.52. The smallest absolute Gasteiger partial charge is 0.165 e. The van der Waals surface area contributed by atoms with Crippen LogP contribution < -0.4 is 4.74 Å². The van der Waals surface area contributed by atoms with Gasteiger partial charge < -0.3 is 9.72 Å². The molecule has 16 heavy (non-hydrogen) atoms. The van der Waals surface area contributed by atoms with Gasteiger partial charge in [-0.2, -0.15) is 5.26 Å². The molecule has 2 aromatic rings. The van der Waals surface area contributed by atoms with Crippen molar-refractivity contribution in [2.24, 2.45) is 0 Å². The second kappa shape index (κ2) is 2.99. The zero-order valence-corrected chi connectivity index (χ0v) is 9.22. The molecule has 0 bridgehead atoms. The van der Waals surface area contributed by atoms with Crippen molar-refractivity contribution in [2.45, 2.75) is 20.3 Å². The molecule has 0 saturated heterocycles. The Hall–Kier alpha value is -2.02. The van der Waals surface area contributed by atoms with Gasteiger partial charge in [0.1, 0.15) is 6.07 Å². The van der Waals surface area contributed by atoms with E-state index in [9.17, 15) is 0 Å². The minimum atomic E-state index is 0.679. The number of nitrogens with one attached hydrogen (secondary N) is 1. The molecule has 4 heteroatoms. The molecule has 0 atom stereocenters. The molecule has 0 radical (unpaired) electrons. The molecular weight excluding hydrogens is 202 g/mol. The molecule has 0 aliphatic carbocycles. The minimum Gasteiger partial charge on any atom is -0.489 e. The molecule has 0 fully saturated rings. The van der Waals surface area contributed by atoms with Crippen LogP contribution in [-0.4, -0.2) is 16.6 Å². The van der Waals surface area contributed by atoms with E-state index in [2.05, 4.69) is 16.0 Å². The second-order valence-electron chi connectivity index (χ2n) is 4.06. The monoisotopic (exact) mass is 213 g/mol. The summed E-state index contributed by atoms with van der Waals surface area (Å²) in [4.78, 5) is 7.74. The predicted molar refractivity (Wildman–Crippen MR) is 59.5 cm³/mol. The van der Waals surface area contributed by atoms with Crippen LogP contribution in [0, 0.1) is 25.2 Å². The zero-order chi connectivity index (χ0) is 11.3. The fraction of sp³-hybridized carbons (Fsp3) is 0.333. The number of hydrogen-bond donors (Lipinski definition) is 1. The highest BCUT2D eigenvalue weighted by molar-refractivity contribution is 5.94. The summed E-state index contributed by atoms with van der Waals surface area (Å²) in [5.74, 6) is 0.824. The standard InChI is InChI=1S/C12H11N3O/c1-6-8(5-13)10-7(2)14-9-3-4-16-12(9)11(10)15-6/h15H,3-4H2,1-2H3. The van der Waals surface area contributed by atoms with Gasteiger partial charge in [0.2, 0.25) is 0 Å². The summed E-state index contributed by atoms with van der Waals surface area (Å²) in [6, 6.07) is 2.22. The summed E-state index contributed by atoms with van der Waals surface area (Å²) in [6.07, 6.45) is 0.853. The number of nitrogens with zero attached hydrogens (tertiary/aromatic N) is 2. The maximum absolute atomic E-state index is 9.14. The van der Waals surface area contributed by atoms with Gasteiger partial charge >= 0.3 is 0 Å². The lowest BCUT2D eigenvalue weighted by Crippen LogP contribution is -1.90. The van der Waals surface area contributed by atoms with Crippen LogP contribution in [0.5, 0.6) is 5.75 Å². The van der Waals surface area contributed by atoms with Gasteiger partial charge in [0.05, 0.1) is 23.4 Å². The third kappa shape index (κ3) is 1.00. The van der Waals surface area contributed by atoms with Gasteiger partial charge in [-0.1, -0.05) is 0 Å². The van der Waals surface area contributed by atoms with Crippen molar-refractivity contribution in [1.29, 1.82) is 5.26 Å². The first-order valence-electron chi connectivity index (χ1n) is 5.27. The molecule has 1 aliphatic heterocycles. The fourth-order valence-electron chi connectivity index (χ4n) is 2.32. The Balaban J connectivity index is 2.50. The Morgan fingerprint density at radius 1 is 1.44 bits per heavy atom. The number of rotatable bonds is 0. The predicted octanol–water partition coefficient (Wildman–Crippen LogP) is 1.99. The average molecular weight is 213 g/mol. The van der Waals surface area contributed by atoms with Gasteiger partial charge in [-0.05, 0) is 13.8 Å². The Labute approximate surface area is 92.9 Å². The largest absolute Gasteiger partial charge is 0.489 e. The molecule has 3 heterocycles. The molecule has 0 aromatic carbocycles. The van der Waals surface area contributed by atoms with Crippen LogP contribution in [0.25, 0.3) is 10.9 Å². The fourth-order valence-corrected chi connectivity index (χ4v) is 2.32. The number of aryl methyl sites for hydroxylation is 2. The van der Waals surface area contributed by atoms with Crippen molar-refractivity contribution in [3.63, 3.8) is 0 Å². The number of fused-ring (bicyclic) bond motifs is 3. The maximum Gasteiger partial charge on any atom is 0.165 e. The lowest BCUT2D eigenvalue weighted by Gasteiger charge is -2.02. The first kappa shape index (κ1) is 9.22. The molecule has 4 nitrogen and oxygen atoms in total. The van der Waals surface area contributed by atoms with E-state index >= 15 is 0 Å². The molecule has 1 N–H and O–H groups in total. The Bertz CT molecular complexity index is 634. The summed E-state index contributed by atoms with van der Waals surface area (Å²) >= 11 is 0. The van der Waals surface area contributed by atoms with Crippen LogP contribution in [0.2, 0.25) is 0 Å². The third-order valence-corrected chi connectivity index (χ3v) is 3.04. The van der Waals surface area contributed by atoms with Gasteiger partial charge in [-0.3, -0.25) is 4.98 Å². The highest BCUT2D eigenvalue weighted by Crippen LogP contribution is 2.36. The maximum atomic E-state index is 9.14. The van der Waals surface area contributed by atoms with Crippen molar-refractivity contribution in [3.8, 4) is 11.8 Å². The second-order valence-corrected chi connectivity index (χ2v) is 4.06. The Kier molecular flexibility index (Phi) is 1.72. The summed E-state index contributed by atoms with van der Waals surface area (Å²) in [5, 5.41) is 10.0. The van der Waals surface area contributed by atoms with Crippen LogP contribution in [0.3, 0.4) is 0 Å². The number of nitriles is 1. The molecule has 0 amide bonds. The van der Waals surface area contributed by atoms with E-state index in [1.54, 1.807) is 0 Å². The van der Waals surface area contributed by atoms with Crippen molar-refractivity contribution in [1.82, 2.24) is 9.97 Å². The molecule has 2 aromatic heterocycles. The molecule has 1 aliphatic rings. The van der Waals surface area contributed by atoms with Gasteiger partial charge in [-0.25, -0.2) is 0 Å². The van der Waals surface area contributed by atoms with E-state index in [0.29, 0.717) is 12.2 Å². The van der Waals surface area contributed by atoms with Gasteiger partial charge in [0.15, 0.2) is 5.75 Å². The molecule has 0 unspecified atom stereocenters. The van der Waals surface area contributed by atoms with E-state index in [4.69, 9.17) is 10.00 Å². The van der Waals surface area contributed by atoms with Gasteiger partial charge in [0.25, 0.3) is 0 Å². The van der Waals surface area contributed by atoms with Crippen molar-refractivity contribution < 1.29 is 4.74 Å². The van der Waals surface area contributed by atoms with Gasteiger partial charge in [-0.15, -0.1) is 0 Å². The third-order valence-electron chi connectivity index (χ3n) is 3.04. The summed E-state index contributed by atoms with van der Waals surface area (Å²) in [5.41, 5.74) is 4.38. The molecule has 0 saturated carbocycles. The lowest BCUT2D eigenvalue weighted by molar-refractivity contribution is 0.360. The number of aromatic amines is 1. The van der Waals surface area contributed by atoms with E-state index in [0.717, 1.165) is 40.2 Å². The highest BCUT2D eigenvalue weighted by Gasteiger charge is 2.22. The van der Waals surface area contributed by atoms with Crippen LogP contribution in [0.15, 0.2) is 0 Å². The summed E-state index contributed by atoms with van der Waals surface area (Å²) < 4.78 is 5.58. The van der Waals surface area contributed by atoms with E-state index < -0.39 is 0 Å². The van der Waals surface area contributed by atoms with Gasteiger partial charge in [0, 0.05) is 23.2 Å². The van der Waals surface area contributed by atoms with Crippen molar-refractivity contribution >= 4 is 10.9 Å². The van der Waals surface area contributed by atoms with Crippen LogP contribution in [0.1, 0.15) is 22.6 Å².